The van der Waals surface area contributed by atoms with Crippen LogP contribution in [-0.2, 0) is 6.18 Å². The quantitative estimate of drug-likeness (QED) is 0.390. The summed E-state index contributed by atoms with van der Waals surface area (Å²) in [7, 11) is 0. The lowest BCUT2D eigenvalue weighted by atomic mass is 9.96. The number of rotatable bonds is 6. The molecule has 3 nitrogen and oxygen atoms in total. The highest BCUT2D eigenvalue weighted by Gasteiger charge is 2.30. The van der Waals surface area contributed by atoms with Gasteiger partial charge in [-0.2, -0.15) is 13.2 Å². The van der Waals surface area contributed by atoms with Crippen molar-refractivity contribution in [2.24, 2.45) is 16.6 Å². The van der Waals surface area contributed by atoms with Gasteiger partial charge in [-0.05, 0) is 29.9 Å². The highest BCUT2D eigenvalue weighted by molar-refractivity contribution is 14.0. The summed E-state index contributed by atoms with van der Waals surface area (Å²) in [5.74, 6) is 0.821. The third-order valence-corrected chi connectivity index (χ3v) is 3.29. The number of aliphatic imine (C=N–C) groups is 1. The van der Waals surface area contributed by atoms with Gasteiger partial charge >= 0.3 is 6.18 Å². The maximum absolute atomic E-state index is 12.7. The first-order chi connectivity index (χ1) is 10.2. The molecule has 0 radical (unpaired) electrons. The predicted octanol–water partition coefficient (Wildman–Crippen LogP) is 4.38. The van der Waals surface area contributed by atoms with Gasteiger partial charge in [0.05, 0.1) is 5.56 Å². The Morgan fingerprint density at radius 1 is 1.26 bits per heavy atom. The fourth-order valence-electron chi connectivity index (χ4n) is 1.94. The van der Waals surface area contributed by atoms with Crippen LogP contribution in [0.5, 0.6) is 0 Å². The SMILES string of the molecule is CC(C)CN=C(N)NCCC(C)c1cccc(C(F)(F)F)c1.I. The molecule has 1 atom stereocenters. The lowest BCUT2D eigenvalue weighted by Crippen LogP contribution is -2.33. The molecular formula is C16H25F3IN3. The van der Waals surface area contributed by atoms with Gasteiger partial charge in [-0.25, -0.2) is 0 Å². The number of halogens is 4. The van der Waals surface area contributed by atoms with E-state index in [1.54, 1.807) is 6.07 Å². The van der Waals surface area contributed by atoms with E-state index >= 15 is 0 Å². The van der Waals surface area contributed by atoms with Gasteiger partial charge in [0.1, 0.15) is 0 Å². The van der Waals surface area contributed by atoms with Crippen LogP contribution in [0.3, 0.4) is 0 Å². The summed E-state index contributed by atoms with van der Waals surface area (Å²) in [6.07, 6.45) is -3.62. The summed E-state index contributed by atoms with van der Waals surface area (Å²) in [5, 5.41) is 2.99. The molecule has 1 aromatic rings. The minimum absolute atomic E-state index is 0. The molecule has 7 heteroatoms. The predicted molar refractivity (Wildman–Crippen MR) is 99.2 cm³/mol. The van der Waals surface area contributed by atoms with Crippen molar-refractivity contribution in [2.45, 2.75) is 39.3 Å². The van der Waals surface area contributed by atoms with Gasteiger partial charge < -0.3 is 11.1 Å². The van der Waals surface area contributed by atoms with Crippen molar-refractivity contribution in [3.05, 3.63) is 35.4 Å². The molecular weight excluding hydrogens is 418 g/mol. The molecule has 1 rings (SSSR count). The fraction of sp³-hybridized carbons (Fsp3) is 0.562. The molecule has 132 valence electrons. The van der Waals surface area contributed by atoms with Gasteiger partial charge in [0, 0.05) is 13.1 Å². The number of nitrogens with zero attached hydrogens (tertiary/aromatic N) is 1. The van der Waals surface area contributed by atoms with Gasteiger partial charge in [-0.1, -0.05) is 39.0 Å². The summed E-state index contributed by atoms with van der Waals surface area (Å²) >= 11 is 0. The van der Waals surface area contributed by atoms with E-state index in [-0.39, 0.29) is 29.9 Å². The van der Waals surface area contributed by atoms with Crippen LogP contribution in [-0.4, -0.2) is 19.0 Å². The maximum atomic E-state index is 12.7. The summed E-state index contributed by atoms with van der Waals surface area (Å²) in [6.45, 7) is 7.23. The Bertz CT molecular complexity index is 502. The maximum Gasteiger partial charge on any atom is 0.416 e. The molecule has 0 bridgehead atoms. The molecule has 3 N–H and O–H groups in total. The molecule has 0 spiro atoms. The van der Waals surface area contributed by atoms with Crippen molar-refractivity contribution in [2.75, 3.05) is 13.1 Å². The largest absolute Gasteiger partial charge is 0.416 e. The fourth-order valence-corrected chi connectivity index (χ4v) is 1.94. The number of nitrogens with two attached hydrogens (primary N) is 1. The molecule has 0 amide bonds. The highest BCUT2D eigenvalue weighted by Crippen LogP contribution is 2.31. The molecule has 1 aromatic carbocycles. The average molecular weight is 443 g/mol. The van der Waals surface area contributed by atoms with E-state index in [0.29, 0.717) is 37.0 Å². The van der Waals surface area contributed by atoms with Crippen molar-refractivity contribution in [1.82, 2.24) is 5.32 Å². The molecule has 0 aliphatic rings. The summed E-state index contributed by atoms with van der Waals surface area (Å²) in [6, 6.07) is 5.46. The monoisotopic (exact) mass is 443 g/mol. The Morgan fingerprint density at radius 3 is 2.48 bits per heavy atom. The summed E-state index contributed by atoms with van der Waals surface area (Å²) in [5.41, 5.74) is 5.79. The Balaban J connectivity index is 0.00000484. The van der Waals surface area contributed by atoms with Crippen LogP contribution in [0.25, 0.3) is 0 Å². The van der Waals surface area contributed by atoms with Crippen LogP contribution < -0.4 is 11.1 Å². The van der Waals surface area contributed by atoms with Gasteiger partial charge in [0.15, 0.2) is 5.96 Å². The van der Waals surface area contributed by atoms with Crippen LogP contribution in [0.4, 0.5) is 13.2 Å². The molecule has 23 heavy (non-hydrogen) atoms. The Hall–Kier alpha value is -0.990. The number of hydrogen-bond acceptors (Lipinski definition) is 1. The number of guanidine groups is 1. The minimum Gasteiger partial charge on any atom is -0.370 e. The highest BCUT2D eigenvalue weighted by atomic mass is 127. The zero-order chi connectivity index (χ0) is 16.8. The standard InChI is InChI=1S/C16H24F3N3.HI/c1-11(2)10-22-15(20)21-8-7-12(3)13-5-4-6-14(9-13)16(17,18)19;/h4-6,9,11-12H,7-8,10H2,1-3H3,(H3,20,21,22);1H. The van der Waals surface area contributed by atoms with Gasteiger partial charge in [0.2, 0.25) is 0 Å². The van der Waals surface area contributed by atoms with Crippen LogP contribution in [0, 0.1) is 5.92 Å². The Kier molecular flexibility index (Phi) is 9.57. The van der Waals surface area contributed by atoms with E-state index in [9.17, 15) is 13.2 Å². The summed E-state index contributed by atoms with van der Waals surface area (Å²) < 4.78 is 38.1. The topological polar surface area (TPSA) is 50.4 Å². The molecule has 1 unspecified atom stereocenters. The van der Waals surface area contributed by atoms with Crippen LogP contribution in [0.15, 0.2) is 29.3 Å². The molecule has 0 saturated carbocycles. The van der Waals surface area contributed by atoms with E-state index in [2.05, 4.69) is 10.3 Å². The van der Waals surface area contributed by atoms with Gasteiger partial charge in [-0.15, -0.1) is 24.0 Å². The first-order valence-corrected chi connectivity index (χ1v) is 7.41. The molecule has 0 saturated heterocycles. The van der Waals surface area contributed by atoms with Crippen molar-refractivity contribution in [1.29, 1.82) is 0 Å². The molecule has 0 aromatic heterocycles. The number of alkyl halides is 3. The van der Waals surface area contributed by atoms with Crippen molar-refractivity contribution < 1.29 is 13.2 Å². The summed E-state index contributed by atoms with van der Waals surface area (Å²) in [4.78, 5) is 4.17. The first kappa shape index (κ1) is 22.0. The number of nitrogens with one attached hydrogen (secondary N) is 1. The van der Waals surface area contributed by atoms with E-state index in [1.807, 2.05) is 20.8 Å². The van der Waals surface area contributed by atoms with E-state index < -0.39 is 11.7 Å². The third kappa shape index (κ3) is 8.43. The van der Waals surface area contributed by atoms with E-state index in [0.717, 1.165) is 6.07 Å². The third-order valence-electron chi connectivity index (χ3n) is 3.29. The lowest BCUT2D eigenvalue weighted by molar-refractivity contribution is -0.137. The van der Waals surface area contributed by atoms with E-state index in [4.69, 9.17) is 5.73 Å². The average Bonchev–Trinajstić information content (AvgIpc) is 2.44. The molecule has 0 fully saturated rings. The van der Waals surface area contributed by atoms with Gasteiger partial charge in [-0.3, -0.25) is 4.99 Å². The van der Waals surface area contributed by atoms with Crippen LogP contribution in [0.1, 0.15) is 44.2 Å². The van der Waals surface area contributed by atoms with Crippen molar-refractivity contribution >= 4 is 29.9 Å². The van der Waals surface area contributed by atoms with Crippen LogP contribution in [0.2, 0.25) is 0 Å². The lowest BCUT2D eigenvalue weighted by Gasteiger charge is -2.15. The Morgan fingerprint density at radius 2 is 1.91 bits per heavy atom. The second-order valence-electron chi connectivity index (χ2n) is 5.86. The van der Waals surface area contributed by atoms with E-state index in [1.165, 1.54) is 12.1 Å². The van der Waals surface area contributed by atoms with Crippen molar-refractivity contribution in [3.63, 3.8) is 0 Å². The number of benzene rings is 1. The first-order valence-electron chi connectivity index (χ1n) is 7.41. The Labute approximate surface area is 153 Å². The normalized spacial score (nSPS) is 13.6. The van der Waals surface area contributed by atoms with Gasteiger partial charge in [0.25, 0.3) is 0 Å². The second kappa shape index (κ2) is 10.00. The van der Waals surface area contributed by atoms with Crippen LogP contribution >= 0.6 is 24.0 Å². The molecule has 0 heterocycles. The minimum atomic E-state index is -4.30. The number of hydrogen-bond donors (Lipinski definition) is 2. The molecule has 0 aliphatic heterocycles. The zero-order valence-corrected chi connectivity index (χ0v) is 16.0. The smallest absolute Gasteiger partial charge is 0.370 e. The second-order valence-corrected chi connectivity index (χ2v) is 5.86. The zero-order valence-electron chi connectivity index (χ0n) is 13.7. The van der Waals surface area contributed by atoms with Crippen molar-refractivity contribution in [3.8, 4) is 0 Å². The molecule has 0 aliphatic carbocycles.